The summed E-state index contributed by atoms with van der Waals surface area (Å²) in [5.74, 6) is -0.927. The van der Waals surface area contributed by atoms with Crippen LogP contribution in [-0.4, -0.2) is 37.8 Å². The average Bonchev–Trinajstić information content (AvgIpc) is 3.12. The zero-order chi connectivity index (χ0) is 24.0. The van der Waals surface area contributed by atoms with Crippen LogP contribution in [-0.2, 0) is 9.53 Å². The summed E-state index contributed by atoms with van der Waals surface area (Å²) >= 11 is 7.00. The van der Waals surface area contributed by atoms with Crippen LogP contribution in [0.4, 0.5) is 4.39 Å². The van der Waals surface area contributed by atoms with Gasteiger partial charge in [0.05, 0.1) is 29.0 Å². The van der Waals surface area contributed by atoms with Gasteiger partial charge in [-0.15, -0.1) is 11.3 Å². The van der Waals surface area contributed by atoms with Crippen LogP contribution < -0.4 is 24.8 Å². The van der Waals surface area contributed by atoms with Gasteiger partial charge in [0.15, 0.2) is 5.57 Å². The number of amides is 1. The fraction of sp³-hybridized carbons (Fsp3) is 0.174. The highest BCUT2D eigenvalue weighted by atomic mass is 35.5. The number of nitriles is 1. The molecule has 7 nitrogen and oxygen atoms in total. The van der Waals surface area contributed by atoms with Crippen molar-refractivity contribution in [3.8, 4) is 17.5 Å². The number of carbonyl (C=O) groups is 1. The number of hydrogen-bond acceptors (Lipinski definition) is 6. The minimum Gasteiger partial charge on any atom is -0.495 e. The van der Waals surface area contributed by atoms with Crippen LogP contribution in [0.3, 0.4) is 0 Å². The van der Waals surface area contributed by atoms with Gasteiger partial charge in [0.1, 0.15) is 22.3 Å². The van der Waals surface area contributed by atoms with Crippen molar-refractivity contribution < 1.29 is 18.7 Å². The van der Waals surface area contributed by atoms with Crippen LogP contribution in [0, 0.1) is 17.1 Å². The maximum absolute atomic E-state index is 14.4. The smallest absolute Gasteiger partial charge is 0.273 e. The molecule has 170 valence electrons. The highest BCUT2D eigenvalue weighted by Crippen LogP contribution is 2.21. The number of thiazole rings is 1. The van der Waals surface area contributed by atoms with Crippen LogP contribution in [0.15, 0.2) is 47.3 Å². The van der Waals surface area contributed by atoms with E-state index in [-0.39, 0.29) is 38.5 Å². The summed E-state index contributed by atoms with van der Waals surface area (Å²) in [6.07, 6.45) is 1.30. The molecule has 3 aromatic rings. The van der Waals surface area contributed by atoms with Gasteiger partial charge in [-0.1, -0.05) is 29.8 Å². The van der Waals surface area contributed by atoms with Gasteiger partial charge in [0.2, 0.25) is 0 Å². The second kappa shape index (κ2) is 10.9. The van der Waals surface area contributed by atoms with E-state index in [4.69, 9.17) is 21.1 Å². The number of ether oxygens (including phenoxy) is 2. The van der Waals surface area contributed by atoms with Crippen molar-refractivity contribution in [1.82, 2.24) is 9.88 Å². The van der Waals surface area contributed by atoms with Crippen LogP contribution in [0.5, 0.6) is 5.75 Å². The molecule has 0 radical (unpaired) electrons. The second-order valence-electron chi connectivity index (χ2n) is 6.60. The zero-order valence-corrected chi connectivity index (χ0v) is 19.3. The number of benzene rings is 2. The molecule has 0 atom stereocenters. The minimum absolute atomic E-state index is 0.0271. The first-order valence-electron chi connectivity index (χ1n) is 9.65. The standard InChI is InChI=1S/C23H19ClFN3O4S/c1-31-11-10-27-21(29)15(13-26)23-28(18-8-3-4-9-19(18)32-2)22(30)20(33-23)12-14-16(24)6-5-7-17(14)25/h3-9,12H,10-11H2,1-2H3,(H,27,29)/b20-12-,23-15-. The van der Waals surface area contributed by atoms with E-state index < -0.39 is 17.3 Å². The molecule has 0 saturated heterocycles. The van der Waals surface area contributed by atoms with Crippen molar-refractivity contribution in [3.05, 3.63) is 78.4 Å². The molecular weight excluding hydrogens is 469 g/mol. The molecule has 10 heteroatoms. The van der Waals surface area contributed by atoms with Gasteiger partial charge in [-0.05, 0) is 30.3 Å². The molecule has 1 heterocycles. The third-order valence-electron chi connectivity index (χ3n) is 4.57. The number of aromatic nitrogens is 1. The van der Waals surface area contributed by atoms with E-state index in [9.17, 15) is 19.2 Å². The number of methoxy groups -OCH3 is 2. The van der Waals surface area contributed by atoms with E-state index in [2.05, 4.69) is 5.32 Å². The van der Waals surface area contributed by atoms with E-state index in [1.54, 1.807) is 24.3 Å². The number of nitrogens with zero attached hydrogens (tertiary/aromatic N) is 2. The Balaban J connectivity index is 2.39. The summed E-state index contributed by atoms with van der Waals surface area (Å²) in [5, 5.41) is 12.5. The third-order valence-corrected chi connectivity index (χ3v) is 5.99. The Morgan fingerprint density at radius 3 is 2.70 bits per heavy atom. The monoisotopic (exact) mass is 487 g/mol. The topological polar surface area (TPSA) is 93.4 Å². The summed E-state index contributed by atoms with van der Waals surface area (Å²) < 4.78 is 26.0. The maximum Gasteiger partial charge on any atom is 0.273 e. The normalized spacial score (nSPS) is 12.3. The molecule has 0 unspecified atom stereocenters. The van der Waals surface area contributed by atoms with Gasteiger partial charge in [-0.3, -0.25) is 14.2 Å². The van der Waals surface area contributed by atoms with Gasteiger partial charge in [-0.25, -0.2) is 4.39 Å². The van der Waals surface area contributed by atoms with Crippen molar-refractivity contribution in [3.63, 3.8) is 0 Å². The number of halogens is 2. The summed E-state index contributed by atoms with van der Waals surface area (Å²) in [7, 11) is 2.92. The molecular formula is C23H19ClFN3O4S. The second-order valence-corrected chi connectivity index (χ2v) is 8.04. The largest absolute Gasteiger partial charge is 0.495 e. The maximum atomic E-state index is 14.4. The van der Waals surface area contributed by atoms with Crippen molar-refractivity contribution >= 4 is 40.5 Å². The SMILES string of the molecule is COCCNC(=O)/C(C#N)=c1\s/c(=C\c2c(F)cccc2Cl)c(=O)n1-c1ccccc1OC. The van der Waals surface area contributed by atoms with E-state index in [1.807, 2.05) is 6.07 Å². The molecule has 0 aliphatic carbocycles. The number of rotatable bonds is 7. The zero-order valence-electron chi connectivity index (χ0n) is 17.7. The highest BCUT2D eigenvalue weighted by molar-refractivity contribution is 7.07. The van der Waals surface area contributed by atoms with Gasteiger partial charge in [-0.2, -0.15) is 5.26 Å². The molecule has 1 aromatic heterocycles. The lowest BCUT2D eigenvalue weighted by Gasteiger charge is -2.09. The van der Waals surface area contributed by atoms with Gasteiger partial charge >= 0.3 is 0 Å². The van der Waals surface area contributed by atoms with Crippen molar-refractivity contribution in [2.24, 2.45) is 0 Å². The first-order chi connectivity index (χ1) is 15.9. The van der Waals surface area contributed by atoms with E-state index >= 15 is 0 Å². The first kappa shape index (κ1) is 24.2. The van der Waals surface area contributed by atoms with Crippen LogP contribution in [0.2, 0.25) is 5.02 Å². The summed E-state index contributed by atoms with van der Waals surface area (Å²) in [6.45, 7) is 0.424. The molecule has 2 aromatic carbocycles. The summed E-state index contributed by atoms with van der Waals surface area (Å²) in [6, 6.07) is 12.7. The van der Waals surface area contributed by atoms with Crippen LogP contribution in [0.1, 0.15) is 5.56 Å². The lowest BCUT2D eigenvalue weighted by molar-refractivity contribution is -0.115. The molecule has 33 heavy (non-hydrogen) atoms. The predicted molar refractivity (Wildman–Crippen MR) is 125 cm³/mol. The molecule has 0 aliphatic rings. The van der Waals surface area contributed by atoms with E-state index in [0.717, 1.165) is 11.3 Å². The lowest BCUT2D eigenvalue weighted by atomic mass is 10.2. The molecule has 0 spiro atoms. The Kier molecular flexibility index (Phi) is 8.01. The Morgan fingerprint density at radius 1 is 1.27 bits per heavy atom. The van der Waals surface area contributed by atoms with Crippen molar-refractivity contribution in [2.75, 3.05) is 27.4 Å². The molecule has 3 rings (SSSR count). The summed E-state index contributed by atoms with van der Waals surface area (Å²) in [5.41, 5.74) is -0.484. The average molecular weight is 488 g/mol. The summed E-state index contributed by atoms with van der Waals surface area (Å²) in [4.78, 5) is 26.2. The predicted octanol–water partition coefficient (Wildman–Crippen LogP) is 1.97. The number of hydrogen-bond donors (Lipinski definition) is 1. The quantitative estimate of drug-likeness (QED) is 0.514. The molecule has 0 saturated carbocycles. The molecule has 1 amide bonds. The van der Waals surface area contributed by atoms with Crippen molar-refractivity contribution in [2.45, 2.75) is 0 Å². The Bertz CT molecular complexity index is 1390. The van der Waals surface area contributed by atoms with Crippen molar-refractivity contribution in [1.29, 1.82) is 5.26 Å². The van der Waals surface area contributed by atoms with Crippen LogP contribution in [0.25, 0.3) is 17.3 Å². The van der Waals surface area contributed by atoms with Gasteiger partial charge in [0.25, 0.3) is 11.5 Å². The Hall–Kier alpha value is -3.45. The minimum atomic E-state index is -0.671. The molecule has 0 bridgehead atoms. The number of nitrogens with one attached hydrogen (secondary N) is 1. The molecule has 1 N–H and O–H groups in total. The Labute approximate surface area is 197 Å². The Morgan fingerprint density at radius 2 is 2.03 bits per heavy atom. The number of para-hydroxylation sites is 2. The number of carbonyl (C=O) groups excluding carboxylic acids is 1. The highest BCUT2D eigenvalue weighted by Gasteiger charge is 2.19. The van der Waals surface area contributed by atoms with Crippen LogP contribution >= 0.6 is 22.9 Å². The van der Waals surface area contributed by atoms with Gasteiger partial charge in [0, 0.05) is 19.2 Å². The lowest BCUT2D eigenvalue weighted by Crippen LogP contribution is -2.35. The molecule has 0 aliphatic heterocycles. The third kappa shape index (κ3) is 5.14. The van der Waals surface area contributed by atoms with E-state index in [1.165, 1.54) is 43.1 Å². The fourth-order valence-electron chi connectivity index (χ4n) is 3.01. The first-order valence-corrected chi connectivity index (χ1v) is 10.8. The molecule has 0 fully saturated rings. The van der Waals surface area contributed by atoms with E-state index in [0.29, 0.717) is 11.4 Å². The fourth-order valence-corrected chi connectivity index (χ4v) is 4.31. The van der Waals surface area contributed by atoms with Gasteiger partial charge < -0.3 is 14.8 Å².